The fourth-order valence-electron chi connectivity index (χ4n) is 2.53. The maximum atomic E-state index is 12.5. The Labute approximate surface area is 102 Å². The second kappa shape index (κ2) is 4.25. The SMILES string of the molecule is NC1(C(=O)N(CC2CC2)CC2CC2)CCOC1. The van der Waals surface area contributed by atoms with Gasteiger partial charge in [0.2, 0.25) is 5.91 Å². The highest BCUT2D eigenvalue weighted by Crippen LogP contribution is 2.35. The quantitative estimate of drug-likeness (QED) is 0.769. The molecule has 3 fully saturated rings. The zero-order chi connectivity index (χ0) is 11.9. The first-order valence-corrected chi connectivity index (χ1v) is 6.83. The Kier molecular flexibility index (Phi) is 2.87. The average Bonchev–Trinajstić information content (AvgIpc) is 3.22. The van der Waals surface area contributed by atoms with E-state index in [-0.39, 0.29) is 5.91 Å². The van der Waals surface area contributed by atoms with Crippen molar-refractivity contribution in [2.75, 3.05) is 26.3 Å². The molecule has 2 saturated carbocycles. The molecule has 96 valence electrons. The summed E-state index contributed by atoms with van der Waals surface area (Å²) in [4.78, 5) is 14.5. The normalized spacial score (nSPS) is 32.8. The average molecular weight is 238 g/mol. The minimum Gasteiger partial charge on any atom is -0.379 e. The van der Waals surface area contributed by atoms with Gasteiger partial charge in [0, 0.05) is 19.7 Å². The van der Waals surface area contributed by atoms with Gasteiger partial charge in [0.1, 0.15) is 5.54 Å². The van der Waals surface area contributed by atoms with E-state index in [9.17, 15) is 4.79 Å². The fourth-order valence-corrected chi connectivity index (χ4v) is 2.53. The Morgan fingerprint density at radius 3 is 2.24 bits per heavy atom. The van der Waals surface area contributed by atoms with Gasteiger partial charge in [-0.15, -0.1) is 0 Å². The zero-order valence-corrected chi connectivity index (χ0v) is 10.4. The van der Waals surface area contributed by atoms with Gasteiger partial charge in [0.05, 0.1) is 6.61 Å². The molecule has 1 amide bonds. The van der Waals surface area contributed by atoms with Crippen LogP contribution in [0.25, 0.3) is 0 Å². The third-order valence-electron chi connectivity index (χ3n) is 4.12. The molecule has 1 aliphatic heterocycles. The van der Waals surface area contributed by atoms with Crippen LogP contribution in [0.1, 0.15) is 32.1 Å². The zero-order valence-electron chi connectivity index (χ0n) is 10.4. The van der Waals surface area contributed by atoms with E-state index in [1.165, 1.54) is 25.7 Å². The van der Waals surface area contributed by atoms with Crippen molar-refractivity contribution < 1.29 is 9.53 Å². The smallest absolute Gasteiger partial charge is 0.245 e. The minimum atomic E-state index is -0.732. The largest absolute Gasteiger partial charge is 0.379 e. The van der Waals surface area contributed by atoms with Crippen LogP contribution >= 0.6 is 0 Å². The maximum absolute atomic E-state index is 12.5. The van der Waals surface area contributed by atoms with Crippen LogP contribution in [0.5, 0.6) is 0 Å². The number of hydrogen-bond acceptors (Lipinski definition) is 3. The molecule has 4 nitrogen and oxygen atoms in total. The van der Waals surface area contributed by atoms with Gasteiger partial charge < -0.3 is 15.4 Å². The van der Waals surface area contributed by atoms with Gasteiger partial charge in [-0.1, -0.05) is 0 Å². The summed E-state index contributed by atoms with van der Waals surface area (Å²) in [6.45, 7) is 2.88. The number of rotatable bonds is 5. The third kappa shape index (κ3) is 2.63. The Morgan fingerprint density at radius 1 is 1.24 bits per heavy atom. The summed E-state index contributed by atoms with van der Waals surface area (Å²) in [6.07, 6.45) is 5.80. The molecule has 1 unspecified atom stereocenters. The Morgan fingerprint density at radius 2 is 1.82 bits per heavy atom. The highest BCUT2D eigenvalue weighted by atomic mass is 16.5. The predicted molar refractivity (Wildman–Crippen MR) is 64.4 cm³/mol. The number of carbonyl (C=O) groups is 1. The molecule has 17 heavy (non-hydrogen) atoms. The molecule has 0 aromatic heterocycles. The monoisotopic (exact) mass is 238 g/mol. The van der Waals surface area contributed by atoms with E-state index in [1.807, 2.05) is 4.90 Å². The Balaban J connectivity index is 1.64. The molecule has 3 rings (SSSR count). The molecule has 0 aromatic rings. The molecule has 0 aromatic carbocycles. The van der Waals surface area contributed by atoms with Crippen molar-refractivity contribution in [2.24, 2.45) is 17.6 Å². The van der Waals surface area contributed by atoms with Gasteiger partial charge in [0.15, 0.2) is 0 Å². The van der Waals surface area contributed by atoms with E-state index in [0.717, 1.165) is 24.9 Å². The lowest BCUT2D eigenvalue weighted by atomic mass is 9.98. The van der Waals surface area contributed by atoms with E-state index in [1.54, 1.807) is 0 Å². The number of amides is 1. The maximum Gasteiger partial charge on any atom is 0.245 e. The van der Waals surface area contributed by atoms with Gasteiger partial charge in [-0.05, 0) is 43.9 Å². The first kappa shape index (κ1) is 11.5. The Bertz CT molecular complexity index is 291. The molecule has 0 radical (unpaired) electrons. The first-order valence-electron chi connectivity index (χ1n) is 6.83. The van der Waals surface area contributed by atoms with Gasteiger partial charge in [0.25, 0.3) is 0 Å². The summed E-state index contributed by atoms with van der Waals surface area (Å²) in [6, 6.07) is 0. The molecule has 1 saturated heterocycles. The summed E-state index contributed by atoms with van der Waals surface area (Å²) in [7, 11) is 0. The Hall–Kier alpha value is -0.610. The van der Waals surface area contributed by atoms with Crippen molar-refractivity contribution in [2.45, 2.75) is 37.6 Å². The van der Waals surface area contributed by atoms with Crippen molar-refractivity contribution in [3.63, 3.8) is 0 Å². The number of nitrogens with two attached hydrogens (primary N) is 1. The highest BCUT2D eigenvalue weighted by Gasteiger charge is 2.43. The second-order valence-corrected chi connectivity index (χ2v) is 6.06. The van der Waals surface area contributed by atoms with Gasteiger partial charge in [-0.2, -0.15) is 0 Å². The van der Waals surface area contributed by atoms with Crippen LogP contribution in [0.4, 0.5) is 0 Å². The standard InChI is InChI=1S/C13H22N2O2/c14-13(5-6-17-9-13)12(16)15(7-10-1-2-10)8-11-3-4-11/h10-11H,1-9,14H2. The van der Waals surface area contributed by atoms with E-state index in [4.69, 9.17) is 10.5 Å². The van der Waals surface area contributed by atoms with Crippen molar-refractivity contribution >= 4 is 5.91 Å². The topological polar surface area (TPSA) is 55.6 Å². The summed E-state index contributed by atoms with van der Waals surface area (Å²) in [5.41, 5.74) is 5.45. The predicted octanol–water partition coefficient (Wildman–Crippen LogP) is 0.753. The van der Waals surface area contributed by atoms with E-state index in [2.05, 4.69) is 0 Å². The van der Waals surface area contributed by atoms with Crippen LogP contribution in [0.3, 0.4) is 0 Å². The van der Waals surface area contributed by atoms with Crippen molar-refractivity contribution in [1.82, 2.24) is 4.90 Å². The summed E-state index contributed by atoms with van der Waals surface area (Å²) >= 11 is 0. The van der Waals surface area contributed by atoms with Gasteiger partial charge in [-0.3, -0.25) is 4.79 Å². The van der Waals surface area contributed by atoms with Gasteiger partial charge >= 0.3 is 0 Å². The van der Waals surface area contributed by atoms with Gasteiger partial charge in [-0.25, -0.2) is 0 Å². The van der Waals surface area contributed by atoms with E-state index < -0.39 is 5.54 Å². The molecule has 0 bridgehead atoms. The lowest BCUT2D eigenvalue weighted by Crippen LogP contribution is -2.56. The van der Waals surface area contributed by atoms with E-state index in [0.29, 0.717) is 19.6 Å². The molecule has 3 aliphatic rings. The highest BCUT2D eigenvalue weighted by molar-refractivity contribution is 5.86. The van der Waals surface area contributed by atoms with Crippen molar-refractivity contribution in [3.8, 4) is 0 Å². The number of nitrogens with zero attached hydrogens (tertiary/aromatic N) is 1. The molecule has 2 aliphatic carbocycles. The molecule has 2 N–H and O–H groups in total. The number of hydrogen-bond donors (Lipinski definition) is 1. The van der Waals surface area contributed by atoms with Crippen LogP contribution in [0.15, 0.2) is 0 Å². The number of carbonyl (C=O) groups excluding carboxylic acids is 1. The molecule has 4 heteroatoms. The molecule has 1 atom stereocenters. The molecular weight excluding hydrogens is 216 g/mol. The molecule has 1 heterocycles. The van der Waals surface area contributed by atoms with Crippen LogP contribution in [-0.2, 0) is 9.53 Å². The summed E-state index contributed by atoms with van der Waals surface area (Å²) in [5, 5.41) is 0. The van der Waals surface area contributed by atoms with Crippen molar-refractivity contribution in [3.05, 3.63) is 0 Å². The van der Waals surface area contributed by atoms with Crippen molar-refractivity contribution in [1.29, 1.82) is 0 Å². The second-order valence-electron chi connectivity index (χ2n) is 6.06. The minimum absolute atomic E-state index is 0.133. The first-order chi connectivity index (χ1) is 8.17. The third-order valence-corrected chi connectivity index (χ3v) is 4.12. The van der Waals surface area contributed by atoms with Crippen LogP contribution in [0, 0.1) is 11.8 Å². The van der Waals surface area contributed by atoms with E-state index >= 15 is 0 Å². The van der Waals surface area contributed by atoms with Crippen LogP contribution < -0.4 is 5.73 Å². The summed E-state index contributed by atoms with van der Waals surface area (Å²) < 4.78 is 5.30. The van der Waals surface area contributed by atoms with Crippen LogP contribution in [-0.4, -0.2) is 42.6 Å². The fraction of sp³-hybridized carbons (Fsp3) is 0.923. The van der Waals surface area contributed by atoms with Crippen LogP contribution in [0.2, 0.25) is 0 Å². The lowest BCUT2D eigenvalue weighted by Gasteiger charge is -2.30. The molecule has 0 spiro atoms. The molecular formula is C13H22N2O2. The summed E-state index contributed by atoms with van der Waals surface area (Å²) in [5.74, 6) is 1.61. The number of ether oxygens (including phenoxy) is 1. The lowest BCUT2D eigenvalue weighted by molar-refractivity contribution is -0.137.